The highest BCUT2D eigenvalue weighted by Gasteiger charge is 2.03. The average Bonchev–Trinajstić information content (AvgIpc) is 2.73. The van der Waals surface area contributed by atoms with Gasteiger partial charge in [-0.05, 0) is 29.8 Å². The normalized spacial score (nSPS) is 12.4. The van der Waals surface area contributed by atoms with E-state index >= 15 is 0 Å². The Morgan fingerprint density at radius 2 is 2.06 bits per heavy atom. The van der Waals surface area contributed by atoms with Gasteiger partial charge in [0.1, 0.15) is 5.75 Å². The van der Waals surface area contributed by atoms with Crippen LogP contribution in [-0.2, 0) is 13.7 Å². The molecule has 0 aliphatic carbocycles. The molecule has 0 bridgehead atoms. The molecule has 0 spiro atoms. The van der Waals surface area contributed by atoms with Crippen LogP contribution in [0.15, 0.2) is 24.3 Å². The van der Waals surface area contributed by atoms with Gasteiger partial charge in [0, 0.05) is 0 Å². The van der Waals surface area contributed by atoms with Crippen LogP contribution in [0.25, 0.3) is 0 Å². The van der Waals surface area contributed by atoms with Gasteiger partial charge in [0.25, 0.3) is 0 Å². The van der Waals surface area contributed by atoms with Gasteiger partial charge >= 0.3 is 0 Å². The third kappa shape index (κ3) is 3.01. The largest absolute Gasteiger partial charge is 0.485 e. The third-order valence-electron chi connectivity index (χ3n) is 2.28. The zero-order valence-electron chi connectivity index (χ0n) is 9.74. The molecule has 0 saturated heterocycles. The molecule has 6 nitrogen and oxygen atoms in total. The highest BCUT2D eigenvalue weighted by Crippen LogP contribution is 2.17. The standard InChI is InChI=1S/C11H14N4O2/c1-8(16)9-3-5-10(6-4-9)17-7-11-12-14-15(2)13-11/h3-6,8,16H,7H2,1-2H3/t8-/m0/s1. The van der Waals surface area contributed by atoms with Crippen molar-refractivity contribution in [1.82, 2.24) is 20.2 Å². The van der Waals surface area contributed by atoms with Crippen molar-refractivity contribution in [3.05, 3.63) is 35.7 Å². The first-order valence-electron chi connectivity index (χ1n) is 5.29. The molecule has 17 heavy (non-hydrogen) atoms. The van der Waals surface area contributed by atoms with E-state index in [0.29, 0.717) is 11.6 Å². The Kier molecular flexibility index (Phi) is 3.34. The van der Waals surface area contributed by atoms with Gasteiger partial charge in [0.2, 0.25) is 5.82 Å². The van der Waals surface area contributed by atoms with Crippen LogP contribution in [0.2, 0.25) is 0 Å². The van der Waals surface area contributed by atoms with Crippen molar-refractivity contribution in [2.24, 2.45) is 7.05 Å². The van der Waals surface area contributed by atoms with Crippen LogP contribution in [0, 0.1) is 0 Å². The fourth-order valence-corrected chi connectivity index (χ4v) is 1.37. The molecule has 0 radical (unpaired) electrons. The number of ether oxygens (including phenoxy) is 1. The van der Waals surface area contributed by atoms with Crippen LogP contribution in [0.1, 0.15) is 24.4 Å². The number of nitrogens with zero attached hydrogens (tertiary/aromatic N) is 4. The Labute approximate surface area is 98.8 Å². The highest BCUT2D eigenvalue weighted by molar-refractivity contribution is 5.28. The number of tetrazole rings is 1. The zero-order valence-corrected chi connectivity index (χ0v) is 9.74. The van der Waals surface area contributed by atoms with Crippen LogP contribution in [0.3, 0.4) is 0 Å². The van der Waals surface area contributed by atoms with Crippen LogP contribution >= 0.6 is 0 Å². The fourth-order valence-electron chi connectivity index (χ4n) is 1.37. The second kappa shape index (κ2) is 4.92. The molecule has 1 aromatic carbocycles. The van der Waals surface area contributed by atoms with Crippen molar-refractivity contribution >= 4 is 0 Å². The molecule has 0 amide bonds. The van der Waals surface area contributed by atoms with E-state index in [4.69, 9.17) is 4.74 Å². The van der Waals surface area contributed by atoms with Crippen LogP contribution < -0.4 is 4.74 Å². The number of benzene rings is 1. The zero-order chi connectivity index (χ0) is 12.3. The molecule has 0 fully saturated rings. The topological polar surface area (TPSA) is 73.1 Å². The van der Waals surface area contributed by atoms with Gasteiger partial charge < -0.3 is 9.84 Å². The molecule has 0 aliphatic heterocycles. The molecule has 90 valence electrons. The average molecular weight is 234 g/mol. The summed E-state index contributed by atoms with van der Waals surface area (Å²) in [5, 5.41) is 20.9. The lowest BCUT2D eigenvalue weighted by atomic mass is 10.1. The van der Waals surface area contributed by atoms with E-state index in [9.17, 15) is 5.11 Å². The lowest BCUT2D eigenvalue weighted by Crippen LogP contribution is -1.99. The summed E-state index contributed by atoms with van der Waals surface area (Å²) in [6.45, 7) is 2.00. The lowest BCUT2D eigenvalue weighted by Gasteiger charge is -2.06. The first kappa shape index (κ1) is 11.5. The maximum atomic E-state index is 9.35. The maximum absolute atomic E-state index is 9.35. The highest BCUT2D eigenvalue weighted by atomic mass is 16.5. The minimum Gasteiger partial charge on any atom is -0.485 e. The number of rotatable bonds is 4. The smallest absolute Gasteiger partial charge is 0.212 e. The number of aromatic nitrogens is 4. The van der Waals surface area contributed by atoms with Crippen LogP contribution in [-0.4, -0.2) is 25.3 Å². The van der Waals surface area contributed by atoms with E-state index in [0.717, 1.165) is 5.56 Å². The minimum absolute atomic E-state index is 0.280. The van der Waals surface area contributed by atoms with Crippen molar-refractivity contribution in [3.63, 3.8) is 0 Å². The first-order valence-corrected chi connectivity index (χ1v) is 5.29. The van der Waals surface area contributed by atoms with Crippen molar-refractivity contribution < 1.29 is 9.84 Å². The summed E-state index contributed by atoms with van der Waals surface area (Å²) in [6, 6.07) is 7.26. The molecule has 1 N–H and O–H groups in total. The van der Waals surface area contributed by atoms with E-state index in [1.54, 1.807) is 26.1 Å². The predicted molar refractivity (Wildman–Crippen MR) is 60.2 cm³/mol. The van der Waals surface area contributed by atoms with Crippen LogP contribution in [0.4, 0.5) is 0 Å². The molecule has 1 atom stereocenters. The summed E-state index contributed by atoms with van der Waals surface area (Å²) in [7, 11) is 1.70. The summed E-state index contributed by atoms with van der Waals surface area (Å²) in [5.74, 6) is 1.24. The summed E-state index contributed by atoms with van der Waals surface area (Å²) in [5.41, 5.74) is 0.856. The lowest BCUT2D eigenvalue weighted by molar-refractivity contribution is 0.199. The molecular weight excluding hydrogens is 220 g/mol. The Balaban J connectivity index is 1.95. The van der Waals surface area contributed by atoms with Gasteiger partial charge in [-0.15, -0.1) is 10.2 Å². The maximum Gasteiger partial charge on any atom is 0.212 e. The molecule has 0 saturated carbocycles. The van der Waals surface area contributed by atoms with Gasteiger partial charge in [0.05, 0.1) is 13.2 Å². The summed E-state index contributed by atoms with van der Waals surface area (Å²) >= 11 is 0. The molecule has 1 aromatic heterocycles. The van der Waals surface area contributed by atoms with Crippen molar-refractivity contribution in [3.8, 4) is 5.75 Å². The summed E-state index contributed by atoms with van der Waals surface area (Å²) < 4.78 is 5.48. The molecular formula is C11H14N4O2. The molecule has 1 heterocycles. The van der Waals surface area contributed by atoms with E-state index < -0.39 is 6.10 Å². The quantitative estimate of drug-likeness (QED) is 0.848. The Morgan fingerprint density at radius 1 is 1.35 bits per heavy atom. The van der Waals surface area contributed by atoms with E-state index in [1.807, 2.05) is 12.1 Å². The molecule has 2 aromatic rings. The first-order chi connectivity index (χ1) is 8.15. The molecule has 2 rings (SSSR count). The monoisotopic (exact) mass is 234 g/mol. The van der Waals surface area contributed by atoms with E-state index in [1.165, 1.54) is 4.80 Å². The van der Waals surface area contributed by atoms with Crippen LogP contribution in [0.5, 0.6) is 5.75 Å². The fraction of sp³-hybridized carbons (Fsp3) is 0.364. The van der Waals surface area contributed by atoms with Crippen molar-refractivity contribution in [2.75, 3.05) is 0 Å². The Morgan fingerprint density at radius 3 is 2.59 bits per heavy atom. The van der Waals surface area contributed by atoms with Gasteiger partial charge in [-0.25, -0.2) is 0 Å². The number of hydrogen-bond acceptors (Lipinski definition) is 5. The Bertz CT molecular complexity index is 478. The number of aliphatic hydroxyl groups excluding tert-OH is 1. The predicted octanol–water partition coefficient (Wildman–Crippen LogP) is 0.842. The summed E-state index contributed by atoms with van der Waals surface area (Å²) in [6.07, 6.45) is -0.467. The summed E-state index contributed by atoms with van der Waals surface area (Å²) in [4.78, 5) is 1.38. The van der Waals surface area contributed by atoms with Gasteiger partial charge in [-0.2, -0.15) is 4.80 Å². The van der Waals surface area contributed by atoms with Gasteiger partial charge in [-0.3, -0.25) is 0 Å². The second-order valence-corrected chi connectivity index (χ2v) is 3.73. The SMILES string of the molecule is C[C@H](O)c1ccc(OCc2nnn(C)n2)cc1. The van der Waals surface area contributed by atoms with Gasteiger partial charge in [-0.1, -0.05) is 12.1 Å². The number of aryl methyl sites for hydroxylation is 1. The molecule has 6 heteroatoms. The minimum atomic E-state index is -0.467. The second-order valence-electron chi connectivity index (χ2n) is 3.73. The van der Waals surface area contributed by atoms with Crippen molar-refractivity contribution in [1.29, 1.82) is 0 Å². The number of aliphatic hydroxyl groups is 1. The third-order valence-corrected chi connectivity index (χ3v) is 2.28. The van der Waals surface area contributed by atoms with E-state index in [-0.39, 0.29) is 6.61 Å². The van der Waals surface area contributed by atoms with Crippen molar-refractivity contribution in [2.45, 2.75) is 19.6 Å². The van der Waals surface area contributed by atoms with Gasteiger partial charge in [0.15, 0.2) is 6.61 Å². The van der Waals surface area contributed by atoms with E-state index in [2.05, 4.69) is 15.4 Å². The molecule has 0 aliphatic rings. The molecule has 0 unspecified atom stereocenters. The number of hydrogen-bond donors (Lipinski definition) is 1. The Hall–Kier alpha value is -1.95.